The number of aromatic nitrogens is 2. The van der Waals surface area contributed by atoms with Crippen LogP contribution in [0, 0.1) is 10.1 Å². The van der Waals surface area contributed by atoms with Crippen molar-refractivity contribution in [2.75, 3.05) is 0 Å². The third-order valence-electron chi connectivity index (χ3n) is 2.49. The van der Waals surface area contributed by atoms with Crippen molar-refractivity contribution in [2.24, 2.45) is 0 Å². The fourth-order valence-corrected chi connectivity index (χ4v) is 1.47. The summed E-state index contributed by atoms with van der Waals surface area (Å²) in [5.41, 5.74) is 0.961. The van der Waals surface area contributed by atoms with Crippen molar-refractivity contribution < 1.29 is 9.66 Å². The number of ether oxygens (including phenoxy) is 1. The van der Waals surface area contributed by atoms with E-state index in [4.69, 9.17) is 4.74 Å². The van der Waals surface area contributed by atoms with Crippen molar-refractivity contribution >= 4 is 5.69 Å². The fraction of sp³-hybridized carbons (Fsp3) is 0.250. The zero-order valence-electron chi connectivity index (χ0n) is 9.94. The summed E-state index contributed by atoms with van der Waals surface area (Å²) in [5, 5.41) is 14.6. The van der Waals surface area contributed by atoms with E-state index >= 15 is 0 Å². The van der Waals surface area contributed by atoms with Crippen molar-refractivity contribution in [3.05, 3.63) is 52.3 Å². The molecule has 0 amide bonds. The van der Waals surface area contributed by atoms with Gasteiger partial charge in [0.05, 0.1) is 17.3 Å². The number of hydrogen-bond acceptors (Lipinski definition) is 4. The second-order valence-electron chi connectivity index (χ2n) is 3.74. The van der Waals surface area contributed by atoms with Crippen LogP contribution >= 0.6 is 0 Å². The summed E-state index contributed by atoms with van der Waals surface area (Å²) >= 11 is 0. The topological polar surface area (TPSA) is 70.2 Å². The smallest absolute Gasteiger partial charge is 0.269 e. The molecule has 0 unspecified atom stereocenters. The molecule has 0 aliphatic rings. The fourth-order valence-electron chi connectivity index (χ4n) is 1.47. The summed E-state index contributed by atoms with van der Waals surface area (Å²) in [4.78, 5) is 10.1. The molecular formula is C12H13N3O3. The van der Waals surface area contributed by atoms with Crippen molar-refractivity contribution in [2.45, 2.75) is 20.1 Å². The summed E-state index contributed by atoms with van der Waals surface area (Å²) in [5.74, 6) is 0.690. The van der Waals surface area contributed by atoms with Crippen LogP contribution in [0.5, 0.6) is 5.75 Å². The largest absolute Gasteiger partial charge is 0.486 e. The molecule has 1 heterocycles. The Hall–Kier alpha value is -2.37. The van der Waals surface area contributed by atoms with Crippen molar-refractivity contribution in [3.63, 3.8) is 0 Å². The van der Waals surface area contributed by atoms with Gasteiger partial charge in [-0.1, -0.05) is 0 Å². The van der Waals surface area contributed by atoms with Crippen LogP contribution in [0.4, 0.5) is 5.69 Å². The number of aryl methyl sites for hydroxylation is 1. The maximum absolute atomic E-state index is 10.5. The first-order chi connectivity index (χ1) is 8.69. The average Bonchev–Trinajstić information content (AvgIpc) is 2.85. The van der Waals surface area contributed by atoms with Gasteiger partial charge in [-0.05, 0) is 24.6 Å². The molecule has 2 aromatic rings. The highest BCUT2D eigenvalue weighted by Gasteiger charge is 2.04. The molecule has 0 N–H and O–H groups in total. The number of non-ortho nitro benzene ring substituents is 1. The maximum atomic E-state index is 10.5. The molecule has 0 radical (unpaired) electrons. The predicted octanol–water partition coefficient (Wildman–Crippen LogP) is 2.39. The predicted molar refractivity (Wildman–Crippen MR) is 65.3 cm³/mol. The minimum atomic E-state index is -0.421. The molecule has 94 valence electrons. The molecule has 0 fully saturated rings. The normalized spacial score (nSPS) is 10.3. The number of nitrogens with zero attached hydrogens (tertiary/aromatic N) is 3. The second-order valence-corrected chi connectivity index (χ2v) is 3.74. The van der Waals surface area contributed by atoms with E-state index in [9.17, 15) is 10.1 Å². The molecule has 1 aromatic carbocycles. The zero-order chi connectivity index (χ0) is 13.0. The zero-order valence-corrected chi connectivity index (χ0v) is 9.94. The molecule has 0 saturated carbocycles. The molecule has 0 atom stereocenters. The van der Waals surface area contributed by atoms with E-state index in [0.29, 0.717) is 12.4 Å². The average molecular weight is 247 g/mol. The lowest BCUT2D eigenvalue weighted by Gasteiger charge is -2.02. The Morgan fingerprint density at radius 1 is 1.39 bits per heavy atom. The van der Waals surface area contributed by atoms with Gasteiger partial charge in [-0.3, -0.25) is 14.8 Å². The van der Waals surface area contributed by atoms with Crippen LogP contribution in [-0.2, 0) is 13.2 Å². The lowest BCUT2D eigenvalue weighted by Crippen LogP contribution is -1.96. The number of hydrogen-bond donors (Lipinski definition) is 0. The lowest BCUT2D eigenvalue weighted by molar-refractivity contribution is -0.384. The molecule has 18 heavy (non-hydrogen) atoms. The first kappa shape index (κ1) is 12.1. The third kappa shape index (κ3) is 2.85. The van der Waals surface area contributed by atoms with E-state index in [1.807, 2.05) is 13.1 Å². The summed E-state index contributed by atoms with van der Waals surface area (Å²) in [6, 6.07) is 6.30. The van der Waals surface area contributed by atoms with Crippen molar-refractivity contribution in [1.29, 1.82) is 0 Å². The molecule has 0 saturated heterocycles. The van der Waals surface area contributed by atoms with Gasteiger partial charge in [0.15, 0.2) is 5.75 Å². The molecule has 0 spiro atoms. The Labute approximate surface area is 104 Å². The Bertz CT molecular complexity index is 534. The van der Waals surface area contributed by atoms with E-state index in [1.165, 1.54) is 12.1 Å². The molecule has 0 aliphatic heterocycles. The van der Waals surface area contributed by atoms with E-state index in [-0.39, 0.29) is 5.69 Å². The first-order valence-corrected chi connectivity index (χ1v) is 5.57. The minimum absolute atomic E-state index is 0.0811. The number of benzene rings is 1. The van der Waals surface area contributed by atoms with Crippen molar-refractivity contribution in [3.8, 4) is 5.75 Å². The van der Waals surface area contributed by atoms with E-state index in [1.54, 1.807) is 23.0 Å². The summed E-state index contributed by atoms with van der Waals surface area (Å²) in [6.45, 7) is 3.15. The van der Waals surface area contributed by atoms with Crippen LogP contribution in [0.25, 0.3) is 0 Å². The van der Waals surface area contributed by atoms with Crippen LogP contribution < -0.4 is 4.74 Å². The Balaban J connectivity index is 1.95. The van der Waals surface area contributed by atoms with Crippen LogP contribution in [-0.4, -0.2) is 14.7 Å². The Kier molecular flexibility index (Phi) is 3.57. The third-order valence-corrected chi connectivity index (χ3v) is 2.49. The van der Waals surface area contributed by atoms with Gasteiger partial charge in [0.1, 0.15) is 6.61 Å². The molecular weight excluding hydrogens is 234 g/mol. The van der Waals surface area contributed by atoms with Gasteiger partial charge < -0.3 is 4.74 Å². The molecule has 2 rings (SSSR count). The molecule has 1 aromatic heterocycles. The van der Waals surface area contributed by atoms with Gasteiger partial charge in [-0.2, -0.15) is 5.10 Å². The van der Waals surface area contributed by atoms with Gasteiger partial charge >= 0.3 is 0 Å². The number of nitro groups is 1. The summed E-state index contributed by atoms with van der Waals surface area (Å²) < 4.78 is 7.29. The first-order valence-electron chi connectivity index (χ1n) is 5.57. The van der Waals surface area contributed by atoms with E-state index in [2.05, 4.69) is 5.10 Å². The Morgan fingerprint density at radius 3 is 2.67 bits per heavy atom. The summed E-state index contributed by atoms with van der Waals surface area (Å²) in [7, 11) is 0. The van der Waals surface area contributed by atoms with Crippen LogP contribution in [0.1, 0.15) is 12.5 Å². The monoisotopic (exact) mass is 247 g/mol. The minimum Gasteiger partial charge on any atom is -0.486 e. The number of nitro benzene ring substituents is 1. The number of rotatable bonds is 5. The van der Waals surface area contributed by atoms with Gasteiger partial charge in [0, 0.05) is 18.7 Å². The summed E-state index contributed by atoms with van der Waals surface area (Å²) in [6.07, 6.45) is 3.46. The molecule has 6 nitrogen and oxygen atoms in total. The van der Waals surface area contributed by atoms with Crippen LogP contribution in [0.2, 0.25) is 0 Å². The standard InChI is InChI=1S/C12H13N3O3/c1-2-14-8-12(7-13-14)18-9-10-3-5-11(6-4-10)15(16)17/h3-8H,2,9H2,1H3. The quantitative estimate of drug-likeness (QED) is 0.600. The van der Waals surface area contributed by atoms with Crippen LogP contribution in [0.3, 0.4) is 0 Å². The van der Waals surface area contributed by atoms with Crippen molar-refractivity contribution in [1.82, 2.24) is 9.78 Å². The molecule has 0 bridgehead atoms. The lowest BCUT2D eigenvalue weighted by atomic mass is 10.2. The maximum Gasteiger partial charge on any atom is 0.269 e. The van der Waals surface area contributed by atoms with E-state index in [0.717, 1.165) is 12.1 Å². The molecule has 0 aliphatic carbocycles. The van der Waals surface area contributed by atoms with Gasteiger partial charge in [0.25, 0.3) is 5.69 Å². The molecule has 6 heteroatoms. The highest BCUT2D eigenvalue weighted by Crippen LogP contribution is 2.15. The van der Waals surface area contributed by atoms with E-state index < -0.39 is 4.92 Å². The highest BCUT2D eigenvalue weighted by molar-refractivity contribution is 5.32. The second kappa shape index (κ2) is 5.31. The SMILES string of the molecule is CCn1cc(OCc2ccc([N+](=O)[O-])cc2)cn1. The highest BCUT2D eigenvalue weighted by atomic mass is 16.6. The van der Waals surface area contributed by atoms with Gasteiger partial charge in [-0.15, -0.1) is 0 Å². The van der Waals surface area contributed by atoms with Gasteiger partial charge in [0.2, 0.25) is 0 Å². The van der Waals surface area contributed by atoms with Gasteiger partial charge in [-0.25, -0.2) is 0 Å². The van der Waals surface area contributed by atoms with Crippen LogP contribution in [0.15, 0.2) is 36.7 Å². The Morgan fingerprint density at radius 2 is 2.11 bits per heavy atom.